The molecular formula is C16H14Cl2N4O2S. The van der Waals surface area contributed by atoms with Gasteiger partial charge >= 0.3 is 0 Å². The highest BCUT2D eigenvalue weighted by atomic mass is 35.5. The van der Waals surface area contributed by atoms with E-state index in [9.17, 15) is 8.42 Å². The molecule has 2 aromatic carbocycles. The molecule has 0 atom stereocenters. The maximum absolute atomic E-state index is 13.1. The largest absolute Gasteiger partial charge is 0.397 e. The number of anilines is 2. The van der Waals surface area contributed by atoms with Crippen molar-refractivity contribution in [2.45, 2.75) is 16.7 Å². The Labute approximate surface area is 154 Å². The van der Waals surface area contributed by atoms with Crippen LogP contribution in [0.5, 0.6) is 0 Å². The summed E-state index contributed by atoms with van der Waals surface area (Å²) in [6, 6.07) is 11.5. The number of hydrogen-bond donors (Lipinski definition) is 2. The molecule has 1 heterocycles. The Bertz CT molecular complexity index is 1060. The lowest BCUT2D eigenvalue weighted by molar-refractivity contribution is 0.596. The normalized spacial score (nSPS) is 11.6. The molecule has 9 heteroatoms. The summed E-state index contributed by atoms with van der Waals surface area (Å²) in [5, 5.41) is 4.31. The number of nitrogens with zero attached hydrogens (tertiary/aromatic N) is 2. The van der Waals surface area contributed by atoms with Crippen molar-refractivity contribution >= 4 is 44.5 Å². The van der Waals surface area contributed by atoms with Crippen LogP contribution in [0.25, 0.3) is 5.69 Å². The Morgan fingerprint density at radius 3 is 2.32 bits per heavy atom. The molecule has 6 nitrogen and oxygen atoms in total. The molecule has 0 aliphatic rings. The zero-order valence-electron chi connectivity index (χ0n) is 13.1. The average Bonchev–Trinajstić information content (AvgIpc) is 2.86. The third-order valence-electron chi connectivity index (χ3n) is 3.65. The number of para-hydroxylation sites is 1. The van der Waals surface area contributed by atoms with Crippen LogP contribution in [0, 0.1) is 6.92 Å². The van der Waals surface area contributed by atoms with Gasteiger partial charge in [0, 0.05) is 0 Å². The summed E-state index contributed by atoms with van der Waals surface area (Å²) < 4.78 is 27.5. The van der Waals surface area contributed by atoms with Crippen LogP contribution in [-0.2, 0) is 9.84 Å². The van der Waals surface area contributed by atoms with Crippen LogP contribution in [0.15, 0.2) is 52.3 Å². The predicted molar refractivity (Wildman–Crippen MR) is 99.0 cm³/mol. The van der Waals surface area contributed by atoms with Gasteiger partial charge in [-0.15, -0.1) is 0 Å². The summed E-state index contributed by atoms with van der Waals surface area (Å²) in [5.41, 5.74) is 12.8. The lowest BCUT2D eigenvalue weighted by atomic mass is 10.3. The van der Waals surface area contributed by atoms with Crippen molar-refractivity contribution in [2.24, 2.45) is 0 Å². The van der Waals surface area contributed by atoms with E-state index in [2.05, 4.69) is 5.10 Å². The van der Waals surface area contributed by atoms with Gasteiger partial charge in [0.25, 0.3) is 0 Å². The van der Waals surface area contributed by atoms with E-state index in [1.807, 2.05) is 6.07 Å². The number of sulfone groups is 1. The molecule has 0 saturated heterocycles. The molecular weight excluding hydrogens is 383 g/mol. The van der Waals surface area contributed by atoms with Crippen LogP contribution in [0.4, 0.5) is 11.5 Å². The molecule has 0 amide bonds. The highest BCUT2D eigenvalue weighted by molar-refractivity contribution is 7.91. The van der Waals surface area contributed by atoms with Crippen LogP contribution >= 0.6 is 23.2 Å². The fourth-order valence-corrected chi connectivity index (χ4v) is 4.79. The van der Waals surface area contributed by atoms with Crippen LogP contribution in [0.1, 0.15) is 5.69 Å². The first-order valence-electron chi connectivity index (χ1n) is 7.13. The number of nitrogens with two attached hydrogens (primary N) is 2. The monoisotopic (exact) mass is 396 g/mol. The number of hydrogen-bond acceptors (Lipinski definition) is 5. The predicted octanol–water partition coefficient (Wildman–Crippen LogP) is 3.48. The van der Waals surface area contributed by atoms with E-state index in [4.69, 9.17) is 34.7 Å². The second-order valence-electron chi connectivity index (χ2n) is 5.35. The Morgan fingerprint density at radius 2 is 1.68 bits per heavy atom. The van der Waals surface area contributed by atoms with E-state index in [-0.39, 0.29) is 37.0 Å². The topological polar surface area (TPSA) is 104 Å². The second kappa shape index (κ2) is 6.25. The highest BCUT2D eigenvalue weighted by Gasteiger charge is 2.30. The zero-order valence-corrected chi connectivity index (χ0v) is 15.4. The summed E-state index contributed by atoms with van der Waals surface area (Å²) >= 11 is 12.0. The highest BCUT2D eigenvalue weighted by Crippen LogP contribution is 2.37. The molecule has 3 aromatic rings. The minimum Gasteiger partial charge on any atom is -0.397 e. The van der Waals surface area contributed by atoms with Gasteiger partial charge in [0.1, 0.15) is 10.7 Å². The first-order valence-corrected chi connectivity index (χ1v) is 9.37. The van der Waals surface area contributed by atoms with Gasteiger partial charge in [-0.1, -0.05) is 41.4 Å². The molecule has 0 saturated carbocycles. The molecule has 130 valence electrons. The van der Waals surface area contributed by atoms with Gasteiger partial charge in [-0.3, -0.25) is 0 Å². The Hall–Kier alpha value is -2.22. The summed E-state index contributed by atoms with van der Waals surface area (Å²) in [6.45, 7) is 1.56. The van der Waals surface area contributed by atoms with E-state index in [0.717, 1.165) is 0 Å². The molecule has 4 N–H and O–H groups in total. The van der Waals surface area contributed by atoms with E-state index in [1.54, 1.807) is 31.2 Å². The van der Waals surface area contributed by atoms with Gasteiger partial charge in [0.2, 0.25) is 9.84 Å². The maximum atomic E-state index is 13.1. The SMILES string of the molecule is Cc1nn(-c2ccccc2)c(N)c1S(=O)(=O)c1cc(Cl)c(N)cc1Cl. The van der Waals surface area contributed by atoms with E-state index in [1.165, 1.54) is 16.8 Å². The summed E-state index contributed by atoms with van der Waals surface area (Å²) in [7, 11) is -4.04. The van der Waals surface area contributed by atoms with E-state index >= 15 is 0 Å². The Balaban J connectivity index is 2.23. The van der Waals surface area contributed by atoms with Crippen LogP contribution < -0.4 is 11.5 Å². The van der Waals surface area contributed by atoms with Crippen molar-refractivity contribution in [3.05, 3.63) is 58.2 Å². The summed E-state index contributed by atoms with van der Waals surface area (Å²) in [6.07, 6.45) is 0. The molecule has 1 aromatic heterocycles. The molecule has 0 radical (unpaired) electrons. The van der Waals surface area contributed by atoms with Crippen molar-refractivity contribution in [3.8, 4) is 5.69 Å². The van der Waals surface area contributed by atoms with Crippen molar-refractivity contribution < 1.29 is 8.42 Å². The zero-order chi connectivity index (χ0) is 18.4. The van der Waals surface area contributed by atoms with Gasteiger partial charge in [-0.25, -0.2) is 13.1 Å². The lowest BCUT2D eigenvalue weighted by Crippen LogP contribution is -2.08. The molecule has 0 bridgehead atoms. The summed E-state index contributed by atoms with van der Waals surface area (Å²) in [5.74, 6) is -0.00675. The number of halogens is 2. The van der Waals surface area contributed by atoms with Gasteiger partial charge in [-0.05, 0) is 31.2 Å². The quantitative estimate of drug-likeness (QED) is 0.659. The molecule has 0 aliphatic carbocycles. The first-order chi connectivity index (χ1) is 11.7. The van der Waals surface area contributed by atoms with Crippen LogP contribution in [-0.4, -0.2) is 18.2 Å². The summed E-state index contributed by atoms with van der Waals surface area (Å²) in [4.78, 5) is -0.283. The molecule has 0 spiro atoms. The Morgan fingerprint density at radius 1 is 1.04 bits per heavy atom. The average molecular weight is 397 g/mol. The number of nitrogen functional groups attached to an aromatic ring is 2. The third kappa shape index (κ3) is 2.95. The lowest BCUT2D eigenvalue weighted by Gasteiger charge is -2.09. The number of aromatic nitrogens is 2. The van der Waals surface area contributed by atoms with Gasteiger partial charge in [0.15, 0.2) is 0 Å². The Kier molecular flexibility index (Phi) is 4.40. The fraction of sp³-hybridized carbons (Fsp3) is 0.0625. The van der Waals surface area contributed by atoms with E-state index < -0.39 is 9.84 Å². The van der Waals surface area contributed by atoms with Crippen molar-refractivity contribution in [3.63, 3.8) is 0 Å². The standard InChI is InChI=1S/C16H14Cl2N4O2S/c1-9-15(16(20)22(21-9)10-5-3-2-4-6-10)25(23,24)14-8-11(17)13(19)7-12(14)18/h2-8H,19-20H2,1H3. The van der Waals surface area contributed by atoms with Gasteiger partial charge in [0.05, 0.1) is 32.0 Å². The third-order valence-corrected chi connectivity index (χ3v) is 6.36. The van der Waals surface area contributed by atoms with Gasteiger partial charge < -0.3 is 11.5 Å². The maximum Gasteiger partial charge on any atom is 0.213 e. The van der Waals surface area contributed by atoms with Crippen LogP contribution in [0.2, 0.25) is 10.0 Å². The molecule has 0 unspecified atom stereocenters. The number of rotatable bonds is 3. The smallest absolute Gasteiger partial charge is 0.213 e. The molecule has 25 heavy (non-hydrogen) atoms. The fourth-order valence-electron chi connectivity index (χ4n) is 2.49. The molecule has 0 aliphatic heterocycles. The number of aryl methyl sites for hydroxylation is 1. The van der Waals surface area contributed by atoms with Crippen LogP contribution in [0.3, 0.4) is 0 Å². The van der Waals surface area contributed by atoms with Crippen molar-refractivity contribution in [2.75, 3.05) is 11.5 Å². The van der Waals surface area contributed by atoms with E-state index in [0.29, 0.717) is 5.69 Å². The van der Waals surface area contributed by atoms with Crippen molar-refractivity contribution in [1.82, 2.24) is 9.78 Å². The van der Waals surface area contributed by atoms with Gasteiger partial charge in [-0.2, -0.15) is 5.10 Å². The number of benzene rings is 2. The second-order valence-corrected chi connectivity index (χ2v) is 8.02. The van der Waals surface area contributed by atoms with Crippen molar-refractivity contribution in [1.29, 1.82) is 0 Å². The minimum atomic E-state index is -4.04. The minimum absolute atomic E-state index is 0.00675. The first kappa shape index (κ1) is 17.6. The molecule has 0 fully saturated rings. The molecule has 3 rings (SSSR count).